The molecule has 0 saturated heterocycles. The van der Waals surface area contributed by atoms with Gasteiger partial charge in [-0.25, -0.2) is 0 Å². The second kappa shape index (κ2) is 6.16. The minimum absolute atomic E-state index is 0.648. The summed E-state index contributed by atoms with van der Waals surface area (Å²) in [5.41, 5.74) is 4.06. The molecule has 4 heteroatoms. The SMILES string of the molecule is CCc1nnsc1C(O)c1ccc(-c2ccccc2)cc1. The molecule has 1 aromatic heterocycles. The zero-order chi connectivity index (χ0) is 14.7. The minimum atomic E-state index is -0.648. The van der Waals surface area contributed by atoms with Crippen LogP contribution >= 0.6 is 11.5 Å². The molecule has 1 unspecified atom stereocenters. The largest absolute Gasteiger partial charge is 0.383 e. The van der Waals surface area contributed by atoms with Crippen LogP contribution in [0.15, 0.2) is 54.6 Å². The third-order valence-corrected chi connectivity index (χ3v) is 4.32. The third-order valence-electron chi connectivity index (χ3n) is 3.50. The molecule has 0 radical (unpaired) electrons. The van der Waals surface area contributed by atoms with Gasteiger partial charge in [0, 0.05) is 0 Å². The maximum absolute atomic E-state index is 10.5. The summed E-state index contributed by atoms with van der Waals surface area (Å²) in [5, 5.41) is 14.5. The highest BCUT2D eigenvalue weighted by Crippen LogP contribution is 2.29. The van der Waals surface area contributed by atoms with Crippen LogP contribution in [0.1, 0.15) is 29.2 Å². The monoisotopic (exact) mass is 296 g/mol. The predicted molar refractivity (Wildman–Crippen MR) is 85.2 cm³/mol. The number of aromatic nitrogens is 2. The van der Waals surface area contributed by atoms with Crippen LogP contribution in [0.25, 0.3) is 11.1 Å². The normalized spacial score (nSPS) is 12.3. The molecule has 0 bridgehead atoms. The average Bonchev–Trinajstić information content (AvgIpc) is 3.04. The second-order valence-electron chi connectivity index (χ2n) is 4.83. The summed E-state index contributed by atoms with van der Waals surface area (Å²) in [6, 6.07) is 18.2. The maximum atomic E-state index is 10.5. The lowest BCUT2D eigenvalue weighted by molar-refractivity contribution is 0.223. The van der Waals surface area contributed by atoms with E-state index >= 15 is 0 Å². The molecule has 3 rings (SSSR count). The van der Waals surface area contributed by atoms with Gasteiger partial charge in [-0.15, -0.1) is 5.10 Å². The summed E-state index contributed by atoms with van der Waals surface area (Å²) in [5.74, 6) is 0. The standard InChI is InChI=1S/C17H16N2OS/c1-2-15-17(21-19-18-15)16(20)14-10-8-13(9-11-14)12-6-4-3-5-7-12/h3-11,16,20H,2H2,1H3. The third kappa shape index (κ3) is 2.86. The quantitative estimate of drug-likeness (QED) is 0.795. The lowest BCUT2D eigenvalue weighted by Gasteiger charge is -2.10. The second-order valence-corrected chi connectivity index (χ2v) is 5.61. The first kappa shape index (κ1) is 13.9. The molecule has 106 valence electrons. The summed E-state index contributed by atoms with van der Waals surface area (Å²) in [4.78, 5) is 0.838. The molecule has 0 amide bonds. The van der Waals surface area contributed by atoms with Gasteiger partial charge in [0.05, 0.1) is 10.6 Å². The van der Waals surface area contributed by atoms with Crippen LogP contribution in [0.5, 0.6) is 0 Å². The lowest BCUT2D eigenvalue weighted by Crippen LogP contribution is -2.00. The minimum Gasteiger partial charge on any atom is -0.383 e. The van der Waals surface area contributed by atoms with Crippen LogP contribution in [0, 0.1) is 0 Å². The summed E-state index contributed by atoms with van der Waals surface area (Å²) >= 11 is 1.27. The number of rotatable bonds is 4. The molecule has 0 aliphatic carbocycles. The molecule has 0 spiro atoms. The van der Waals surface area contributed by atoms with Crippen LogP contribution in [0.3, 0.4) is 0 Å². The highest BCUT2D eigenvalue weighted by atomic mass is 32.1. The van der Waals surface area contributed by atoms with E-state index in [9.17, 15) is 5.11 Å². The topological polar surface area (TPSA) is 46.0 Å². The number of aliphatic hydroxyl groups is 1. The Hall–Kier alpha value is -2.04. The van der Waals surface area contributed by atoms with Crippen LogP contribution in [0.2, 0.25) is 0 Å². The van der Waals surface area contributed by atoms with Gasteiger partial charge in [-0.05, 0) is 34.6 Å². The van der Waals surface area contributed by atoms with Crippen molar-refractivity contribution in [1.29, 1.82) is 0 Å². The molecule has 0 saturated carbocycles. The van der Waals surface area contributed by atoms with E-state index in [2.05, 4.69) is 21.7 Å². The van der Waals surface area contributed by atoms with E-state index in [1.807, 2.05) is 49.4 Å². The van der Waals surface area contributed by atoms with Gasteiger partial charge >= 0.3 is 0 Å². The van der Waals surface area contributed by atoms with Gasteiger partial charge in [0.15, 0.2) is 0 Å². The Balaban J connectivity index is 1.87. The van der Waals surface area contributed by atoms with Crippen LogP contribution < -0.4 is 0 Å². The van der Waals surface area contributed by atoms with Crippen molar-refractivity contribution in [3.63, 3.8) is 0 Å². The van der Waals surface area contributed by atoms with Gasteiger partial charge in [-0.1, -0.05) is 66.0 Å². The molecule has 21 heavy (non-hydrogen) atoms. The van der Waals surface area contributed by atoms with Crippen molar-refractivity contribution in [3.05, 3.63) is 70.7 Å². The van der Waals surface area contributed by atoms with Gasteiger partial charge in [0.2, 0.25) is 0 Å². The van der Waals surface area contributed by atoms with Gasteiger partial charge in [0.1, 0.15) is 6.10 Å². The van der Waals surface area contributed by atoms with E-state index in [0.29, 0.717) is 0 Å². The van der Waals surface area contributed by atoms with Gasteiger partial charge in [-0.3, -0.25) is 0 Å². The zero-order valence-corrected chi connectivity index (χ0v) is 12.5. The van der Waals surface area contributed by atoms with E-state index in [0.717, 1.165) is 28.1 Å². The molecule has 1 atom stereocenters. The van der Waals surface area contributed by atoms with Crippen molar-refractivity contribution in [2.45, 2.75) is 19.4 Å². The molecule has 3 aromatic rings. The lowest BCUT2D eigenvalue weighted by atomic mass is 10.0. The Morgan fingerprint density at radius 2 is 1.67 bits per heavy atom. The van der Waals surface area contributed by atoms with Crippen molar-refractivity contribution in [2.24, 2.45) is 0 Å². The Morgan fingerprint density at radius 1 is 1.00 bits per heavy atom. The van der Waals surface area contributed by atoms with Gasteiger partial charge < -0.3 is 5.11 Å². The molecule has 0 fully saturated rings. The average molecular weight is 296 g/mol. The Kier molecular flexibility index (Phi) is 4.08. The maximum Gasteiger partial charge on any atom is 0.117 e. The number of aliphatic hydroxyl groups excluding tert-OH is 1. The molecular weight excluding hydrogens is 280 g/mol. The summed E-state index contributed by atoms with van der Waals surface area (Å²) < 4.78 is 3.94. The summed E-state index contributed by atoms with van der Waals surface area (Å²) in [6.45, 7) is 2.02. The zero-order valence-electron chi connectivity index (χ0n) is 11.7. The number of hydrogen-bond acceptors (Lipinski definition) is 4. The first-order valence-corrected chi connectivity index (χ1v) is 7.71. The summed E-state index contributed by atoms with van der Waals surface area (Å²) in [7, 11) is 0. The predicted octanol–water partition coefficient (Wildman–Crippen LogP) is 3.85. The van der Waals surface area contributed by atoms with E-state index in [-0.39, 0.29) is 0 Å². The first-order chi connectivity index (χ1) is 10.3. The number of nitrogens with zero attached hydrogens (tertiary/aromatic N) is 2. The highest BCUT2D eigenvalue weighted by molar-refractivity contribution is 7.05. The van der Waals surface area contributed by atoms with Crippen molar-refractivity contribution in [1.82, 2.24) is 9.59 Å². The molecule has 2 aromatic carbocycles. The molecule has 0 aliphatic heterocycles. The van der Waals surface area contributed by atoms with Crippen LogP contribution in [-0.2, 0) is 6.42 Å². The smallest absolute Gasteiger partial charge is 0.117 e. The molecule has 1 heterocycles. The molecule has 1 N–H and O–H groups in total. The summed E-state index contributed by atoms with van der Waals surface area (Å²) in [6.07, 6.45) is 0.134. The first-order valence-electron chi connectivity index (χ1n) is 6.94. The number of hydrogen-bond donors (Lipinski definition) is 1. The Labute approximate surface area is 128 Å². The Morgan fingerprint density at radius 3 is 2.33 bits per heavy atom. The highest BCUT2D eigenvalue weighted by Gasteiger charge is 2.17. The number of aryl methyl sites for hydroxylation is 1. The van der Waals surface area contributed by atoms with E-state index in [1.54, 1.807) is 0 Å². The van der Waals surface area contributed by atoms with Crippen molar-refractivity contribution >= 4 is 11.5 Å². The Bertz CT molecular complexity index is 707. The van der Waals surface area contributed by atoms with E-state index in [4.69, 9.17) is 0 Å². The van der Waals surface area contributed by atoms with Crippen LogP contribution in [-0.4, -0.2) is 14.7 Å². The molecule has 0 aliphatic rings. The number of benzene rings is 2. The molecular formula is C17H16N2OS. The van der Waals surface area contributed by atoms with E-state index < -0.39 is 6.10 Å². The van der Waals surface area contributed by atoms with Gasteiger partial charge in [-0.2, -0.15) is 0 Å². The fourth-order valence-corrected chi connectivity index (χ4v) is 3.06. The van der Waals surface area contributed by atoms with Crippen molar-refractivity contribution in [2.75, 3.05) is 0 Å². The molecule has 3 nitrogen and oxygen atoms in total. The van der Waals surface area contributed by atoms with Gasteiger partial charge in [0.25, 0.3) is 0 Å². The van der Waals surface area contributed by atoms with Crippen LogP contribution in [0.4, 0.5) is 0 Å². The fourth-order valence-electron chi connectivity index (χ4n) is 2.31. The fraction of sp³-hybridized carbons (Fsp3) is 0.176. The van der Waals surface area contributed by atoms with Crippen molar-refractivity contribution < 1.29 is 5.11 Å². The van der Waals surface area contributed by atoms with Crippen molar-refractivity contribution in [3.8, 4) is 11.1 Å². The van der Waals surface area contributed by atoms with E-state index in [1.165, 1.54) is 17.1 Å².